The van der Waals surface area contributed by atoms with Gasteiger partial charge in [-0.1, -0.05) is 19.1 Å². The van der Waals surface area contributed by atoms with Gasteiger partial charge in [-0.2, -0.15) is 5.10 Å². The van der Waals surface area contributed by atoms with Crippen LogP contribution in [0, 0.1) is 5.92 Å². The number of rotatable bonds is 1. The molecule has 1 atom stereocenters. The molecule has 0 saturated heterocycles. The molecule has 0 saturated carbocycles. The second-order valence-electron chi connectivity index (χ2n) is 3.11. The number of allylic oxidation sites excluding steroid dienone is 4. The highest BCUT2D eigenvalue weighted by atomic mass is 15.3. The lowest BCUT2D eigenvalue weighted by Gasteiger charge is -2.16. The molecule has 1 aliphatic rings. The Morgan fingerprint density at radius 3 is 3.17 bits per heavy atom. The van der Waals surface area contributed by atoms with Crippen molar-refractivity contribution in [2.24, 2.45) is 5.92 Å². The van der Waals surface area contributed by atoms with Crippen molar-refractivity contribution in [2.75, 3.05) is 0 Å². The maximum absolute atomic E-state index is 4.20. The second kappa shape index (κ2) is 2.97. The minimum absolute atomic E-state index is 0.579. The minimum Gasteiger partial charge on any atom is -0.245 e. The minimum atomic E-state index is 0.579. The fourth-order valence-electron chi connectivity index (χ4n) is 1.46. The largest absolute Gasteiger partial charge is 0.245 e. The van der Waals surface area contributed by atoms with Crippen molar-refractivity contribution in [3.05, 3.63) is 36.7 Å². The first-order valence-electron chi connectivity index (χ1n) is 4.24. The Morgan fingerprint density at radius 1 is 1.58 bits per heavy atom. The molecule has 0 N–H and O–H groups in total. The Morgan fingerprint density at radius 2 is 2.50 bits per heavy atom. The van der Waals surface area contributed by atoms with Gasteiger partial charge in [0.2, 0.25) is 0 Å². The molecule has 1 aromatic rings. The summed E-state index contributed by atoms with van der Waals surface area (Å²) in [5.74, 6) is 0.579. The zero-order valence-electron chi connectivity index (χ0n) is 7.14. The Kier molecular flexibility index (Phi) is 1.82. The summed E-state index contributed by atoms with van der Waals surface area (Å²) >= 11 is 0. The summed E-state index contributed by atoms with van der Waals surface area (Å²) < 4.78 is 1.94. The summed E-state index contributed by atoms with van der Waals surface area (Å²) in [6, 6.07) is 1.95. The molecule has 1 aromatic heterocycles. The van der Waals surface area contributed by atoms with E-state index in [2.05, 4.69) is 30.3 Å². The average Bonchev–Trinajstić information content (AvgIpc) is 2.57. The van der Waals surface area contributed by atoms with E-state index in [0.717, 1.165) is 6.42 Å². The summed E-state index contributed by atoms with van der Waals surface area (Å²) in [7, 11) is 0. The van der Waals surface area contributed by atoms with E-state index < -0.39 is 0 Å². The first-order chi connectivity index (χ1) is 5.88. The lowest BCUT2D eigenvalue weighted by atomic mass is 9.99. The molecule has 2 nitrogen and oxygen atoms in total. The third-order valence-electron chi connectivity index (χ3n) is 2.17. The average molecular weight is 160 g/mol. The zero-order chi connectivity index (χ0) is 8.39. The molecule has 0 bridgehead atoms. The molecule has 0 amide bonds. The summed E-state index contributed by atoms with van der Waals surface area (Å²) in [4.78, 5) is 0. The summed E-state index contributed by atoms with van der Waals surface area (Å²) in [6.07, 6.45) is 11.3. The van der Waals surface area contributed by atoms with Gasteiger partial charge in [0, 0.05) is 24.0 Å². The lowest BCUT2D eigenvalue weighted by molar-refractivity contribution is 0.685. The predicted molar refractivity (Wildman–Crippen MR) is 49.4 cm³/mol. The lowest BCUT2D eigenvalue weighted by Crippen LogP contribution is -2.08. The van der Waals surface area contributed by atoms with E-state index in [9.17, 15) is 0 Å². The second-order valence-corrected chi connectivity index (χ2v) is 3.11. The fraction of sp³-hybridized carbons (Fsp3) is 0.300. The first kappa shape index (κ1) is 7.35. The van der Waals surface area contributed by atoms with Crippen LogP contribution in [0.5, 0.6) is 0 Å². The SMILES string of the molecule is CC1CC=CC=C1n1cccn1. The first-order valence-corrected chi connectivity index (χ1v) is 4.24. The number of nitrogens with zero attached hydrogens (tertiary/aromatic N) is 2. The Hall–Kier alpha value is -1.31. The zero-order valence-corrected chi connectivity index (χ0v) is 7.14. The van der Waals surface area contributed by atoms with E-state index in [1.807, 2.05) is 23.1 Å². The van der Waals surface area contributed by atoms with Crippen LogP contribution in [0.15, 0.2) is 36.7 Å². The molecule has 2 rings (SSSR count). The molecular formula is C10H12N2. The predicted octanol–water partition coefficient (Wildman–Crippen LogP) is 2.32. The van der Waals surface area contributed by atoms with E-state index in [0.29, 0.717) is 5.92 Å². The normalized spacial score (nSPS) is 22.4. The molecule has 1 unspecified atom stereocenters. The van der Waals surface area contributed by atoms with Crippen molar-refractivity contribution < 1.29 is 0 Å². The molecule has 12 heavy (non-hydrogen) atoms. The van der Waals surface area contributed by atoms with Crippen molar-refractivity contribution in [1.82, 2.24) is 9.78 Å². The summed E-state index contributed by atoms with van der Waals surface area (Å²) in [6.45, 7) is 2.22. The Balaban J connectivity index is 2.34. The van der Waals surface area contributed by atoms with Crippen LogP contribution in [0.2, 0.25) is 0 Å². The van der Waals surface area contributed by atoms with Crippen molar-refractivity contribution >= 4 is 5.70 Å². The quantitative estimate of drug-likeness (QED) is 0.616. The third-order valence-corrected chi connectivity index (χ3v) is 2.17. The van der Waals surface area contributed by atoms with Gasteiger partial charge >= 0.3 is 0 Å². The van der Waals surface area contributed by atoms with Gasteiger partial charge < -0.3 is 0 Å². The molecule has 0 spiro atoms. The Labute approximate surface area is 72.2 Å². The van der Waals surface area contributed by atoms with E-state index in [1.165, 1.54) is 5.70 Å². The number of hydrogen-bond donors (Lipinski definition) is 0. The molecule has 0 radical (unpaired) electrons. The van der Waals surface area contributed by atoms with Crippen LogP contribution >= 0.6 is 0 Å². The van der Waals surface area contributed by atoms with Gasteiger partial charge in [0.1, 0.15) is 0 Å². The fourth-order valence-corrected chi connectivity index (χ4v) is 1.46. The van der Waals surface area contributed by atoms with Crippen LogP contribution in [0.3, 0.4) is 0 Å². The third kappa shape index (κ3) is 1.20. The van der Waals surface area contributed by atoms with Crippen LogP contribution in [-0.4, -0.2) is 9.78 Å². The molecule has 1 aliphatic carbocycles. The van der Waals surface area contributed by atoms with Crippen molar-refractivity contribution in [3.63, 3.8) is 0 Å². The molecule has 0 aromatic carbocycles. The van der Waals surface area contributed by atoms with Gasteiger partial charge in [-0.05, 0) is 18.6 Å². The molecule has 1 heterocycles. The number of aromatic nitrogens is 2. The number of hydrogen-bond acceptors (Lipinski definition) is 1. The topological polar surface area (TPSA) is 17.8 Å². The molecule has 0 fully saturated rings. The standard InChI is InChI=1S/C10H12N2/c1-9-5-2-3-6-10(9)12-8-4-7-11-12/h2-4,6-9H,5H2,1H3. The van der Waals surface area contributed by atoms with Gasteiger partial charge in [-0.25, -0.2) is 4.68 Å². The highest BCUT2D eigenvalue weighted by molar-refractivity contribution is 5.51. The maximum Gasteiger partial charge on any atom is 0.0493 e. The highest BCUT2D eigenvalue weighted by Crippen LogP contribution is 2.22. The van der Waals surface area contributed by atoms with Gasteiger partial charge in [0.05, 0.1) is 0 Å². The van der Waals surface area contributed by atoms with Gasteiger partial charge in [-0.3, -0.25) is 0 Å². The molecule has 2 heteroatoms. The van der Waals surface area contributed by atoms with E-state index >= 15 is 0 Å². The van der Waals surface area contributed by atoms with Crippen molar-refractivity contribution in [2.45, 2.75) is 13.3 Å². The van der Waals surface area contributed by atoms with Crippen LogP contribution < -0.4 is 0 Å². The summed E-state index contributed by atoms with van der Waals surface area (Å²) in [5.41, 5.74) is 1.28. The summed E-state index contributed by atoms with van der Waals surface area (Å²) in [5, 5.41) is 4.20. The smallest absolute Gasteiger partial charge is 0.0493 e. The maximum atomic E-state index is 4.20. The van der Waals surface area contributed by atoms with Crippen LogP contribution in [-0.2, 0) is 0 Å². The molecule has 62 valence electrons. The molecule has 0 aliphatic heterocycles. The van der Waals surface area contributed by atoms with E-state index in [1.54, 1.807) is 0 Å². The van der Waals surface area contributed by atoms with Crippen LogP contribution in [0.1, 0.15) is 13.3 Å². The van der Waals surface area contributed by atoms with E-state index in [4.69, 9.17) is 0 Å². The Bertz CT molecular complexity index is 307. The van der Waals surface area contributed by atoms with Crippen molar-refractivity contribution in [1.29, 1.82) is 0 Å². The molecular weight excluding hydrogens is 148 g/mol. The van der Waals surface area contributed by atoms with Gasteiger partial charge in [0.25, 0.3) is 0 Å². The van der Waals surface area contributed by atoms with Crippen LogP contribution in [0.25, 0.3) is 5.70 Å². The van der Waals surface area contributed by atoms with Crippen molar-refractivity contribution in [3.8, 4) is 0 Å². The van der Waals surface area contributed by atoms with E-state index in [-0.39, 0.29) is 0 Å². The highest BCUT2D eigenvalue weighted by Gasteiger charge is 2.10. The van der Waals surface area contributed by atoms with Gasteiger partial charge in [0.15, 0.2) is 0 Å². The monoisotopic (exact) mass is 160 g/mol. The van der Waals surface area contributed by atoms with Gasteiger partial charge in [-0.15, -0.1) is 0 Å². The van der Waals surface area contributed by atoms with Crippen LogP contribution in [0.4, 0.5) is 0 Å².